The molecule has 6 heteroatoms. The number of carboxylic acids is 1. The maximum absolute atomic E-state index is 11.1. The second kappa shape index (κ2) is 6.01. The Labute approximate surface area is 116 Å². The SMILES string of the molecule is COc1cccc(CN(C)c2nccnc2C(=O)O)c1. The van der Waals surface area contributed by atoms with Crippen LogP contribution < -0.4 is 9.64 Å². The van der Waals surface area contributed by atoms with Gasteiger partial charge in [-0.3, -0.25) is 0 Å². The fraction of sp³-hybridized carbons (Fsp3) is 0.214. The van der Waals surface area contributed by atoms with Crippen LogP contribution in [0.3, 0.4) is 0 Å². The van der Waals surface area contributed by atoms with Crippen LogP contribution in [0.1, 0.15) is 16.1 Å². The van der Waals surface area contributed by atoms with Crippen molar-refractivity contribution in [1.82, 2.24) is 9.97 Å². The molecule has 0 amide bonds. The van der Waals surface area contributed by atoms with E-state index < -0.39 is 5.97 Å². The first-order valence-corrected chi connectivity index (χ1v) is 6.00. The third-order valence-corrected chi connectivity index (χ3v) is 2.80. The van der Waals surface area contributed by atoms with Gasteiger partial charge in [-0.25, -0.2) is 14.8 Å². The molecule has 0 fully saturated rings. The van der Waals surface area contributed by atoms with Gasteiger partial charge in [0.1, 0.15) is 5.75 Å². The molecule has 1 N–H and O–H groups in total. The minimum absolute atomic E-state index is 0.0575. The molecule has 0 bridgehead atoms. The van der Waals surface area contributed by atoms with Gasteiger partial charge in [-0.2, -0.15) is 0 Å². The number of carboxylic acid groups (broad SMARTS) is 1. The zero-order valence-corrected chi connectivity index (χ0v) is 11.3. The Morgan fingerprint density at radius 1 is 1.35 bits per heavy atom. The Morgan fingerprint density at radius 2 is 2.10 bits per heavy atom. The van der Waals surface area contributed by atoms with Gasteiger partial charge in [-0.15, -0.1) is 0 Å². The molecular formula is C14H15N3O3. The number of aromatic carboxylic acids is 1. The van der Waals surface area contributed by atoms with Crippen LogP contribution in [0.25, 0.3) is 0 Å². The number of ether oxygens (including phenoxy) is 1. The van der Waals surface area contributed by atoms with Crippen molar-refractivity contribution in [3.05, 3.63) is 47.9 Å². The van der Waals surface area contributed by atoms with Crippen LogP contribution in [0.4, 0.5) is 5.82 Å². The molecule has 104 valence electrons. The molecule has 2 rings (SSSR count). The van der Waals surface area contributed by atoms with E-state index in [1.165, 1.54) is 12.4 Å². The summed E-state index contributed by atoms with van der Waals surface area (Å²) in [5.41, 5.74) is 0.937. The standard InChI is InChI=1S/C14H15N3O3/c1-17(9-10-4-3-5-11(8-10)20-2)13-12(14(18)19)15-6-7-16-13/h3-8H,9H2,1-2H3,(H,18,19). The molecule has 1 aromatic carbocycles. The van der Waals surface area contributed by atoms with E-state index in [1.54, 1.807) is 19.1 Å². The van der Waals surface area contributed by atoms with Gasteiger partial charge >= 0.3 is 5.97 Å². The Morgan fingerprint density at radius 3 is 2.80 bits per heavy atom. The molecule has 2 aromatic rings. The highest BCUT2D eigenvalue weighted by Crippen LogP contribution is 2.18. The highest BCUT2D eigenvalue weighted by atomic mass is 16.5. The first-order chi connectivity index (χ1) is 9.61. The first kappa shape index (κ1) is 13.8. The number of carbonyl (C=O) groups is 1. The lowest BCUT2D eigenvalue weighted by Gasteiger charge is -2.19. The van der Waals surface area contributed by atoms with E-state index in [1.807, 2.05) is 24.3 Å². The lowest BCUT2D eigenvalue weighted by Crippen LogP contribution is -2.21. The maximum atomic E-state index is 11.1. The number of hydrogen-bond acceptors (Lipinski definition) is 5. The smallest absolute Gasteiger partial charge is 0.358 e. The third-order valence-electron chi connectivity index (χ3n) is 2.80. The number of hydrogen-bond donors (Lipinski definition) is 1. The van der Waals surface area contributed by atoms with Crippen LogP contribution in [0.5, 0.6) is 5.75 Å². The zero-order chi connectivity index (χ0) is 14.5. The normalized spacial score (nSPS) is 10.1. The lowest BCUT2D eigenvalue weighted by molar-refractivity contribution is 0.0690. The van der Waals surface area contributed by atoms with Crippen molar-refractivity contribution >= 4 is 11.8 Å². The number of aromatic nitrogens is 2. The topological polar surface area (TPSA) is 75.5 Å². The molecule has 1 heterocycles. The number of methoxy groups -OCH3 is 1. The number of rotatable bonds is 5. The van der Waals surface area contributed by atoms with Crippen molar-refractivity contribution in [3.63, 3.8) is 0 Å². The van der Waals surface area contributed by atoms with E-state index >= 15 is 0 Å². The third kappa shape index (κ3) is 3.03. The minimum atomic E-state index is -1.09. The first-order valence-electron chi connectivity index (χ1n) is 6.00. The van der Waals surface area contributed by atoms with Gasteiger partial charge in [0, 0.05) is 26.0 Å². The largest absolute Gasteiger partial charge is 0.497 e. The summed E-state index contributed by atoms with van der Waals surface area (Å²) in [6.45, 7) is 0.510. The van der Waals surface area contributed by atoms with Gasteiger partial charge in [0.2, 0.25) is 0 Å². The molecule has 0 spiro atoms. The van der Waals surface area contributed by atoms with Crippen LogP contribution in [0.2, 0.25) is 0 Å². The molecule has 0 atom stereocenters. The van der Waals surface area contributed by atoms with Crippen molar-refractivity contribution in [2.24, 2.45) is 0 Å². The predicted molar refractivity (Wildman–Crippen MR) is 74.1 cm³/mol. The van der Waals surface area contributed by atoms with Gasteiger partial charge in [-0.1, -0.05) is 12.1 Å². The summed E-state index contributed by atoms with van der Waals surface area (Å²) in [4.78, 5) is 20.8. The molecule has 0 aliphatic carbocycles. The van der Waals surface area contributed by atoms with Gasteiger partial charge in [0.25, 0.3) is 0 Å². The highest BCUT2D eigenvalue weighted by Gasteiger charge is 2.16. The second-order valence-corrected chi connectivity index (χ2v) is 4.24. The van der Waals surface area contributed by atoms with E-state index in [0.29, 0.717) is 12.4 Å². The molecule has 0 unspecified atom stereocenters. The molecule has 20 heavy (non-hydrogen) atoms. The molecule has 1 aromatic heterocycles. The zero-order valence-electron chi connectivity index (χ0n) is 11.3. The van der Waals surface area contributed by atoms with Crippen molar-refractivity contribution in [3.8, 4) is 5.75 Å². The number of nitrogens with zero attached hydrogens (tertiary/aromatic N) is 3. The molecule has 0 aliphatic rings. The second-order valence-electron chi connectivity index (χ2n) is 4.24. The Kier molecular flexibility index (Phi) is 4.14. The summed E-state index contributed by atoms with van der Waals surface area (Å²) in [5.74, 6) is 0.00177. The summed E-state index contributed by atoms with van der Waals surface area (Å²) >= 11 is 0. The number of benzene rings is 1. The van der Waals surface area contributed by atoms with Gasteiger partial charge in [-0.05, 0) is 17.7 Å². The van der Waals surface area contributed by atoms with Crippen LogP contribution in [-0.2, 0) is 6.54 Å². The molecule has 0 radical (unpaired) electrons. The molecule has 0 aliphatic heterocycles. The average molecular weight is 273 g/mol. The van der Waals surface area contributed by atoms with Gasteiger partial charge in [0.05, 0.1) is 7.11 Å². The number of anilines is 1. The summed E-state index contributed by atoms with van der Waals surface area (Å²) < 4.78 is 5.16. The monoisotopic (exact) mass is 273 g/mol. The molecule has 0 saturated heterocycles. The van der Waals surface area contributed by atoms with E-state index in [0.717, 1.165) is 11.3 Å². The van der Waals surface area contributed by atoms with E-state index in [2.05, 4.69) is 9.97 Å². The van der Waals surface area contributed by atoms with Gasteiger partial charge < -0.3 is 14.7 Å². The highest BCUT2D eigenvalue weighted by molar-refractivity contribution is 5.90. The summed E-state index contributed by atoms with van der Waals surface area (Å²) in [5, 5.41) is 9.11. The van der Waals surface area contributed by atoms with Crippen molar-refractivity contribution in [1.29, 1.82) is 0 Å². The van der Waals surface area contributed by atoms with Crippen molar-refractivity contribution in [2.75, 3.05) is 19.1 Å². The lowest BCUT2D eigenvalue weighted by atomic mass is 10.2. The Bertz CT molecular complexity index is 616. The van der Waals surface area contributed by atoms with Crippen LogP contribution in [-0.4, -0.2) is 35.2 Å². The van der Waals surface area contributed by atoms with Crippen molar-refractivity contribution < 1.29 is 14.6 Å². The fourth-order valence-corrected chi connectivity index (χ4v) is 1.88. The van der Waals surface area contributed by atoms with E-state index in [9.17, 15) is 4.79 Å². The quantitative estimate of drug-likeness (QED) is 0.895. The van der Waals surface area contributed by atoms with Crippen LogP contribution in [0.15, 0.2) is 36.7 Å². The fourth-order valence-electron chi connectivity index (χ4n) is 1.88. The Balaban J connectivity index is 2.23. The van der Waals surface area contributed by atoms with E-state index in [-0.39, 0.29) is 5.69 Å². The Hall–Kier alpha value is -2.63. The van der Waals surface area contributed by atoms with Gasteiger partial charge in [0.15, 0.2) is 11.5 Å². The summed E-state index contributed by atoms with van der Waals surface area (Å²) in [7, 11) is 3.38. The van der Waals surface area contributed by atoms with Crippen LogP contribution >= 0.6 is 0 Å². The summed E-state index contributed by atoms with van der Waals surface area (Å²) in [6, 6.07) is 7.58. The predicted octanol–water partition coefficient (Wildman–Crippen LogP) is 1.82. The van der Waals surface area contributed by atoms with Crippen LogP contribution in [0, 0.1) is 0 Å². The van der Waals surface area contributed by atoms with E-state index in [4.69, 9.17) is 9.84 Å². The average Bonchev–Trinajstić information content (AvgIpc) is 2.47. The van der Waals surface area contributed by atoms with Crippen molar-refractivity contribution in [2.45, 2.75) is 6.54 Å². The molecule has 0 saturated carbocycles. The maximum Gasteiger partial charge on any atom is 0.358 e. The molecular weight excluding hydrogens is 258 g/mol. The minimum Gasteiger partial charge on any atom is -0.497 e. The summed E-state index contributed by atoms with van der Waals surface area (Å²) in [6.07, 6.45) is 2.84. The molecule has 6 nitrogen and oxygen atoms in total.